The van der Waals surface area contributed by atoms with E-state index in [1.165, 1.54) is 0 Å². The van der Waals surface area contributed by atoms with E-state index in [1.54, 1.807) is 25.1 Å². The van der Waals surface area contributed by atoms with Crippen LogP contribution in [-0.4, -0.2) is 36.9 Å². The van der Waals surface area contributed by atoms with Crippen molar-refractivity contribution < 1.29 is 19.4 Å². The standard InChI is InChI=1S/C19H23NO4/c1-3-23-19(22)15-8-6-9-16(11-15)20-12-17(21)13-24-18-10-5-4-7-14(18)2/h4-11,17,20-21H,3,12-13H2,1-2H3. The first-order valence-electron chi connectivity index (χ1n) is 7.97. The van der Waals surface area contributed by atoms with Crippen molar-refractivity contribution in [1.29, 1.82) is 0 Å². The maximum Gasteiger partial charge on any atom is 0.338 e. The smallest absolute Gasteiger partial charge is 0.338 e. The van der Waals surface area contributed by atoms with Gasteiger partial charge < -0.3 is 19.9 Å². The molecular weight excluding hydrogens is 306 g/mol. The van der Waals surface area contributed by atoms with Crippen LogP contribution in [0.15, 0.2) is 48.5 Å². The Hall–Kier alpha value is -2.53. The van der Waals surface area contributed by atoms with Crippen molar-refractivity contribution in [3.8, 4) is 5.75 Å². The number of aryl methyl sites for hydroxylation is 1. The first-order valence-corrected chi connectivity index (χ1v) is 7.97. The zero-order valence-electron chi connectivity index (χ0n) is 14.0. The van der Waals surface area contributed by atoms with Crippen LogP contribution in [0.2, 0.25) is 0 Å². The highest BCUT2D eigenvalue weighted by Gasteiger charge is 2.09. The summed E-state index contributed by atoms with van der Waals surface area (Å²) in [6, 6.07) is 14.7. The molecule has 0 bridgehead atoms. The van der Waals surface area contributed by atoms with Crippen LogP contribution in [0.1, 0.15) is 22.8 Å². The number of aliphatic hydroxyl groups excluding tert-OH is 1. The first kappa shape index (κ1) is 17.8. The number of nitrogens with one attached hydrogen (secondary N) is 1. The fourth-order valence-corrected chi connectivity index (χ4v) is 2.17. The predicted octanol–water partition coefficient (Wildman–Crippen LogP) is 3.02. The Balaban J connectivity index is 1.83. The number of carbonyl (C=O) groups is 1. The molecule has 0 radical (unpaired) electrons. The van der Waals surface area contributed by atoms with Crippen LogP contribution in [-0.2, 0) is 4.74 Å². The summed E-state index contributed by atoms with van der Waals surface area (Å²) < 4.78 is 10.6. The fraction of sp³-hybridized carbons (Fsp3) is 0.316. The van der Waals surface area contributed by atoms with Crippen molar-refractivity contribution in [2.75, 3.05) is 25.1 Å². The lowest BCUT2D eigenvalue weighted by Crippen LogP contribution is -2.26. The molecule has 0 amide bonds. The number of benzene rings is 2. The van der Waals surface area contributed by atoms with E-state index in [2.05, 4.69) is 5.32 Å². The molecule has 2 rings (SSSR count). The minimum atomic E-state index is -0.671. The molecule has 0 aromatic heterocycles. The Labute approximate surface area is 142 Å². The summed E-state index contributed by atoms with van der Waals surface area (Å²) in [7, 11) is 0. The van der Waals surface area contributed by atoms with Gasteiger partial charge in [-0.25, -0.2) is 4.79 Å². The van der Waals surface area contributed by atoms with E-state index in [0.29, 0.717) is 18.7 Å². The van der Waals surface area contributed by atoms with Crippen LogP contribution in [0.3, 0.4) is 0 Å². The molecule has 2 aromatic carbocycles. The van der Waals surface area contributed by atoms with Gasteiger partial charge in [0.05, 0.1) is 12.2 Å². The van der Waals surface area contributed by atoms with Gasteiger partial charge in [0.25, 0.3) is 0 Å². The van der Waals surface area contributed by atoms with Gasteiger partial charge >= 0.3 is 5.97 Å². The summed E-state index contributed by atoms with van der Waals surface area (Å²) in [6.07, 6.45) is -0.671. The van der Waals surface area contributed by atoms with Crippen LogP contribution < -0.4 is 10.1 Å². The molecule has 0 aliphatic rings. The second-order valence-electron chi connectivity index (χ2n) is 5.41. The average Bonchev–Trinajstić information content (AvgIpc) is 2.60. The Morgan fingerprint density at radius 3 is 2.75 bits per heavy atom. The molecule has 2 N–H and O–H groups in total. The van der Waals surface area contributed by atoms with E-state index in [4.69, 9.17) is 9.47 Å². The average molecular weight is 329 g/mol. The van der Waals surface area contributed by atoms with Gasteiger partial charge in [-0.05, 0) is 43.7 Å². The lowest BCUT2D eigenvalue weighted by molar-refractivity contribution is 0.0526. The van der Waals surface area contributed by atoms with Crippen molar-refractivity contribution in [2.45, 2.75) is 20.0 Å². The van der Waals surface area contributed by atoms with Gasteiger partial charge in [-0.3, -0.25) is 0 Å². The van der Waals surface area contributed by atoms with E-state index >= 15 is 0 Å². The van der Waals surface area contributed by atoms with Gasteiger partial charge in [-0.15, -0.1) is 0 Å². The van der Waals surface area contributed by atoms with Gasteiger partial charge in [-0.1, -0.05) is 24.3 Å². The van der Waals surface area contributed by atoms with Crippen molar-refractivity contribution in [3.05, 3.63) is 59.7 Å². The quantitative estimate of drug-likeness (QED) is 0.729. The van der Waals surface area contributed by atoms with Gasteiger partial charge in [0.2, 0.25) is 0 Å². The first-order chi connectivity index (χ1) is 11.6. The molecule has 5 nitrogen and oxygen atoms in total. The number of hydrogen-bond donors (Lipinski definition) is 2. The van der Waals surface area contributed by atoms with E-state index in [9.17, 15) is 9.90 Å². The number of ether oxygens (including phenoxy) is 2. The molecule has 128 valence electrons. The van der Waals surface area contributed by atoms with Gasteiger partial charge in [0.15, 0.2) is 0 Å². The molecule has 0 fully saturated rings. The SMILES string of the molecule is CCOC(=O)c1cccc(NCC(O)COc2ccccc2C)c1. The lowest BCUT2D eigenvalue weighted by Gasteiger charge is -2.15. The Kier molecular flexibility index (Phi) is 6.63. The van der Waals surface area contributed by atoms with Gasteiger partial charge in [0, 0.05) is 12.2 Å². The van der Waals surface area contributed by atoms with Crippen molar-refractivity contribution in [3.63, 3.8) is 0 Å². The molecule has 0 heterocycles. The largest absolute Gasteiger partial charge is 0.491 e. The number of rotatable bonds is 8. The third kappa shape index (κ3) is 5.28. The maximum absolute atomic E-state index is 11.7. The number of hydrogen-bond acceptors (Lipinski definition) is 5. The number of aliphatic hydroxyl groups is 1. The zero-order valence-corrected chi connectivity index (χ0v) is 14.0. The van der Waals surface area contributed by atoms with E-state index in [-0.39, 0.29) is 12.6 Å². The summed E-state index contributed by atoms with van der Waals surface area (Å²) in [5, 5.41) is 13.1. The molecule has 24 heavy (non-hydrogen) atoms. The number of anilines is 1. The second kappa shape index (κ2) is 8.93. The summed E-state index contributed by atoms with van der Waals surface area (Å²) in [5.74, 6) is 0.408. The molecule has 0 spiro atoms. The fourth-order valence-electron chi connectivity index (χ4n) is 2.17. The van der Waals surface area contributed by atoms with E-state index in [0.717, 1.165) is 17.0 Å². The van der Waals surface area contributed by atoms with Crippen LogP contribution in [0.5, 0.6) is 5.75 Å². The molecule has 1 atom stereocenters. The van der Waals surface area contributed by atoms with Crippen molar-refractivity contribution >= 4 is 11.7 Å². The third-order valence-electron chi connectivity index (χ3n) is 3.44. The van der Waals surface area contributed by atoms with Crippen molar-refractivity contribution in [2.24, 2.45) is 0 Å². The molecular formula is C19H23NO4. The normalized spacial score (nSPS) is 11.6. The lowest BCUT2D eigenvalue weighted by atomic mass is 10.2. The van der Waals surface area contributed by atoms with Gasteiger partial charge in [0.1, 0.15) is 18.5 Å². The predicted molar refractivity (Wildman–Crippen MR) is 93.6 cm³/mol. The van der Waals surface area contributed by atoms with E-state index in [1.807, 2.05) is 37.3 Å². The topological polar surface area (TPSA) is 67.8 Å². The Morgan fingerprint density at radius 1 is 1.21 bits per heavy atom. The zero-order chi connectivity index (χ0) is 17.4. The molecule has 0 saturated carbocycles. The summed E-state index contributed by atoms with van der Waals surface area (Å²) in [4.78, 5) is 11.7. The van der Waals surface area contributed by atoms with Crippen LogP contribution in [0.25, 0.3) is 0 Å². The second-order valence-corrected chi connectivity index (χ2v) is 5.41. The van der Waals surface area contributed by atoms with E-state index < -0.39 is 6.10 Å². The maximum atomic E-state index is 11.7. The minimum Gasteiger partial charge on any atom is -0.491 e. The van der Waals surface area contributed by atoms with Crippen LogP contribution in [0, 0.1) is 6.92 Å². The molecule has 0 aliphatic carbocycles. The number of carbonyl (C=O) groups excluding carboxylic acids is 1. The van der Waals surface area contributed by atoms with Crippen LogP contribution in [0.4, 0.5) is 5.69 Å². The number of para-hydroxylation sites is 1. The molecule has 5 heteroatoms. The highest BCUT2D eigenvalue weighted by molar-refractivity contribution is 5.90. The number of esters is 1. The monoisotopic (exact) mass is 329 g/mol. The Morgan fingerprint density at radius 2 is 2.00 bits per heavy atom. The molecule has 0 aliphatic heterocycles. The highest BCUT2D eigenvalue weighted by Crippen LogP contribution is 2.16. The third-order valence-corrected chi connectivity index (χ3v) is 3.44. The molecule has 0 saturated heterocycles. The molecule has 2 aromatic rings. The van der Waals surface area contributed by atoms with Gasteiger partial charge in [-0.2, -0.15) is 0 Å². The van der Waals surface area contributed by atoms with Crippen molar-refractivity contribution in [1.82, 2.24) is 0 Å². The molecule has 1 unspecified atom stereocenters. The Bertz CT molecular complexity index is 672. The summed E-state index contributed by atoms with van der Waals surface area (Å²) in [5.41, 5.74) is 2.25. The minimum absolute atomic E-state index is 0.190. The highest BCUT2D eigenvalue weighted by atomic mass is 16.5. The summed E-state index contributed by atoms with van der Waals surface area (Å²) >= 11 is 0. The summed E-state index contributed by atoms with van der Waals surface area (Å²) in [6.45, 7) is 4.57. The van der Waals surface area contributed by atoms with Crippen LogP contribution >= 0.6 is 0 Å².